The number of carboxylic acid groups (broad SMARTS) is 1. The molecule has 1 saturated heterocycles. The van der Waals surface area contributed by atoms with Gasteiger partial charge in [0.25, 0.3) is 0 Å². The molecule has 1 fully saturated rings. The van der Waals surface area contributed by atoms with Gasteiger partial charge in [-0.25, -0.2) is 4.79 Å². The van der Waals surface area contributed by atoms with Gasteiger partial charge in [0.1, 0.15) is 18.8 Å². The fourth-order valence-corrected chi connectivity index (χ4v) is 8.90. The van der Waals surface area contributed by atoms with E-state index >= 15 is 0 Å². The Labute approximate surface area is 479 Å². The third kappa shape index (κ3) is 44.0. The monoisotopic (exact) mass is 1110 g/mol. The number of unbranched alkanes of at least 4 members (excludes halogenated alkanes) is 22. The first-order chi connectivity index (χ1) is 38.6. The van der Waals surface area contributed by atoms with Gasteiger partial charge < -0.3 is 39.0 Å². The molecule has 3 N–H and O–H groups in total. The first kappa shape index (κ1) is 72.7. The fourth-order valence-electron chi connectivity index (χ4n) is 8.90. The normalized spacial score (nSPS) is 18.5. The van der Waals surface area contributed by atoms with Crippen LogP contribution in [0, 0.1) is 0 Å². The Morgan fingerprint density at radius 1 is 0.430 bits per heavy atom. The summed E-state index contributed by atoms with van der Waals surface area (Å²) in [6.45, 7) is 5.75. The van der Waals surface area contributed by atoms with Crippen molar-refractivity contribution >= 4 is 23.9 Å². The number of carboxylic acids is 1. The number of aliphatic carboxylic acids is 1. The maximum absolute atomic E-state index is 13.1. The molecule has 12 nitrogen and oxygen atoms in total. The van der Waals surface area contributed by atoms with E-state index < -0.39 is 67.3 Å². The fraction of sp³-hybridized carbons (Fsp3) is 0.701. The molecule has 450 valence electrons. The smallest absolute Gasteiger partial charge is 0.335 e. The zero-order valence-electron chi connectivity index (χ0n) is 49.6. The van der Waals surface area contributed by atoms with Crippen LogP contribution < -0.4 is 0 Å². The molecule has 6 atom stereocenters. The van der Waals surface area contributed by atoms with Gasteiger partial charge in [-0.1, -0.05) is 246 Å². The van der Waals surface area contributed by atoms with Crippen molar-refractivity contribution < 1.29 is 58.2 Å². The SMILES string of the molecule is CC/C=C\C/C=C\C/C=C\C/C=C\C/C=C\C/C=C\CCC(=O)OCC(COC1OC(C(=O)O)C(O)C(O)C1OC(=O)CCCCCCCCCCCCCCCCCCC)OC(=O)CCCCCCC/C=C\C/C=C\CCC. The summed E-state index contributed by atoms with van der Waals surface area (Å²) in [5, 5.41) is 31.5. The largest absolute Gasteiger partial charge is 0.479 e. The third-order valence-corrected chi connectivity index (χ3v) is 13.6. The molecule has 0 aromatic heterocycles. The van der Waals surface area contributed by atoms with E-state index in [1.54, 1.807) is 0 Å². The van der Waals surface area contributed by atoms with Gasteiger partial charge in [-0.3, -0.25) is 14.4 Å². The van der Waals surface area contributed by atoms with E-state index in [0.717, 1.165) is 116 Å². The van der Waals surface area contributed by atoms with E-state index in [-0.39, 0.29) is 25.9 Å². The number of rotatable bonds is 52. The van der Waals surface area contributed by atoms with Crippen LogP contribution in [0.1, 0.15) is 252 Å². The number of aliphatic hydroxyl groups is 2. The van der Waals surface area contributed by atoms with E-state index in [4.69, 9.17) is 23.7 Å². The van der Waals surface area contributed by atoms with Crippen molar-refractivity contribution in [3.05, 3.63) is 97.2 Å². The molecule has 1 heterocycles. The minimum atomic E-state index is -1.92. The van der Waals surface area contributed by atoms with Crippen LogP contribution in [0.3, 0.4) is 0 Å². The number of carbonyl (C=O) groups is 4. The first-order valence-corrected chi connectivity index (χ1v) is 31.2. The first-order valence-electron chi connectivity index (χ1n) is 31.2. The lowest BCUT2D eigenvalue weighted by Gasteiger charge is -2.40. The van der Waals surface area contributed by atoms with Gasteiger partial charge >= 0.3 is 23.9 Å². The summed E-state index contributed by atoms with van der Waals surface area (Å²) in [6.07, 6.45) is 59.6. The zero-order valence-corrected chi connectivity index (χ0v) is 49.6. The average Bonchev–Trinajstić information content (AvgIpc) is 3.47. The van der Waals surface area contributed by atoms with Crippen LogP contribution in [0.5, 0.6) is 0 Å². The molecule has 0 aliphatic carbocycles. The minimum Gasteiger partial charge on any atom is -0.479 e. The molecule has 1 rings (SSSR count). The summed E-state index contributed by atoms with van der Waals surface area (Å²) in [4.78, 5) is 51.2. The van der Waals surface area contributed by atoms with Crippen LogP contribution in [-0.2, 0) is 42.9 Å². The second kappa shape index (κ2) is 54.2. The molecule has 0 saturated carbocycles. The van der Waals surface area contributed by atoms with Crippen LogP contribution in [0.15, 0.2) is 97.2 Å². The van der Waals surface area contributed by atoms with Crippen molar-refractivity contribution in [3.63, 3.8) is 0 Å². The number of hydrogen-bond acceptors (Lipinski definition) is 11. The van der Waals surface area contributed by atoms with Crippen LogP contribution >= 0.6 is 0 Å². The molecule has 0 amide bonds. The van der Waals surface area contributed by atoms with Gasteiger partial charge in [-0.15, -0.1) is 0 Å². The number of carbonyl (C=O) groups excluding carboxylic acids is 3. The molecule has 1 aliphatic heterocycles. The molecule has 0 radical (unpaired) electrons. The van der Waals surface area contributed by atoms with E-state index in [2.05, 4.69) is 106 Å². The predicted molar refractivity (Wildman–Crippen MR) is 321 cm³/mol. The Balaban J connectivity index is 2.71. The van der Waals surface area contributed by atoms with Gasteiger partial charge in [0.05, 0.1) is 6.61 Å². The van der Waals surface area contributed by atoms with Crippen molar-refractivity contribution in [2.45, 2.75) is 289 Å². The molecule has 0 bridgehead atoms. The van der Waals surface area contributed by atoms with Crippen molar-refractivity contribution in [3.8, 4) is 0 Å². The number of ether oxygens (including phenoxy) is 5. The molecule has 1 aliphatic rings. The summed E-state index contributed by atoms with van der Waals surface area (Å²) < 4.78 is 28.4. The Morgan fingerprint density at radius 3 is 1.32 bits per heavy atom. The van der Waals surface area contributed by atoms with Gasteiger partial charge in [-0.2, -0.15) is 0 Å². The topological polar surface area (TPSA) is 175 Å². The van der Waals surface area contributed by atoms with Crippen molar-refractivity contribution in [2.75, 3.05) is 13.2 Å². The average molecular weight is 1110 g/mol. The molecule has 0 spiro atoms. The lowest BCUT2D eigenvalue weighted by Crippen LogP contribution is -2.61. The second-order valence-corrected chi connectivity index (χ2v) is 21.0. The number of esters is 3. The van der Waals surface area contributed by atoms with Crippen LogP contribution in [0.2, 0.25) is 0 Å². The van der Waals surface area contributed by atoms with E-state index in [9.17, 15) is 34.5 Å². The van der Waals surface area contributed by atoms with Crippen LogP contribution in [0.4, 0.5) is 0 Å². The maximum atomic E-state index is 13.1. The molecule has 0 aromatic rings. The van der Waals surface area contributed by atoms with E-state index in [1.165, 1.54) is 77.0 Å². The van der Waals surface area contributed by atoms with Gasteiger partial charge in [0.15, 0.2) is 24.6 Å². The van der Waals surface area contributed by atoms with Gasteiger partial charge in [0, 0.05) is 19.3 Å². The highest BCUT2D eigenvalue weighted by Crippen LogP contribution is 2.26. The summed E-state index contributed by atoms with van der Waals surface area (Å²) in [7, 11) is 0. The lowest BCUT2D eigenvalue weighted by atomic mass is 9.98. The molecule has 12 heteroatoms. The Kier molecular flexibility index (Phi) is 49.9. The Hall–Kier alpha value is -4.36. The second-order valence-electron chi connectivity index (χ2n) is 21.0. The van der Waals surface area contributed by atoms with Crippen LogP contribution in [-0.4, -0.2) is 89.2 Å². The lowest BCUT2D eigenvalue weighted by molar-refractivity contribution is -0.301. The standard InChI is InChI=1S/C67H110O12/c1-4-7-10-13-16-19-22-25-27-29-30-32-33-36-38-41-44-47-50-53-59(68)75-56-58(77-60(69)54-51-48-45-42-39-35-24-21-18-15-12-9-6-3)57-76-67-65(63(72)62(71)64(79-67)66(73)74)78-61(70)55-52-49-46-43-40-37-34-31-28-26-23-20-17-14-11-8-5-2/h7,10,12,15-16,19,21,24-25,27,30,32,36,38,44,47,58,62-65,67,71-72H,4-6,8-9,11,13-14,17-18,20,22-23,26,28-29,31,33-35,37,39-43,45-46,48-57H2,1-3H3,(H,73,74)/b10-7-,15-12-,19-16-,24-21-,27-25-,32-30-,38-36-,47-44-. The number of hydrogen-bond donors (Lipinski definition) is 3. The highest BCUT2D eigenvalue weighted by molar-refractivity contribution is 5.74. The van der Waals surface area contributed by atoms with Crippen molar-refractivity contribution in [2.24, 2.45) is 0 Å². The minimum absolute atomic E-state index is 0.0514. The summed E-state index contributed by atoms with van der Waals surface area (Å²) in [5.74, 6) is -3.25. The number of allylic oxidation sites excluding steroid dienone is 16. The molecule has 79 heavy (non-hydrogen) atoms. The van der Waals surface area contributed by atoms with E-state index in [1.807, 2.05) is 12.2 Å². The predicted octanol–water partition coefficient (Wildman–Crippen LogP) is 16.5. The summed E-state index contributed by atoms with van der Waals surface area (Å²) in [6, 6.07) is 0. The zero-order chi connectivity index (χ0) is 57.5. The quantitative estimate of drug-likeness (QED) is 0.0228. The Morgan fingerprint density at radius 2 is 0.848 bits per heavy atom. The van der Waals surface area contributed by atoms with Crippen molar-refractivity contribution in [1.82, 2.24) is 0 Å². The molecule has 6 unspecified atom stereocenters. The molecule has 0 aromatic carbocycles. The third-order valence-electron chi connectivity index (χ3n) is 13.6. The maximum Gasteiger partial charge on any atom is 0.335 e. The van der Waals surface area contributed by atoms with Gasteiger partial charge in [-0.05, 0) is 83.5 Å². The summed E-state index contributed by atoms with van der Waals surface area (Å²) in [5.41, 5.74) is 0. The van der Waals surface area contributed by atoms with Crippen molar-refractivity contribution in [1.29, 1.82) is 0 Å². The van der Waals surface area contributed by atoms with E-state index in [0.29, 0.717) is 19.3 Å². The molecular formula is C67H110O12. The highest BCUT2D eigenvalue weighted by atomic mass is 16.7. The summed E-state index contributed by atoms with van der Waals surface area (Å²) >= 11 is 0. The molecular weight excluding hydrogens is 997 g/mol. The highest BCUT2D eigenvalue weighted by Gasteiger charge is 2.50. The Bertz CT molecular complexity index is 1740. The van der Waals surface area contributed by atoms with Gasteiger partial charge in [0.2, 0.25) is 0 Å². The number of aliphatic hydroxyl groups excluding tert-OH is 2. The van der Waals surface area contributed by atoms with Crippen LogP contribution in [0.25, 0.3) is 0 Å².